The first-order chi connectivity index (χ1) is 10.8. The maximum atomic E-state index is 12.3. The Labute approximate surface area is 139 Å². The number of carboxylic acids is 1. The second-order valence-corrected chi connectivity index (χ2v) is 5.82. The zero-order chi connectivity index (χ0) is 17.0. The summed E-state index contributed by atoms with van der Waals surface area (Å²) in [7, 11) is 0. The van der Waals surface area contributed by atoms with E-state index < -0.39 is 17.9 Å². The van der Waals surface area contributed by atoms with Crippen LogP contribution in [-0.4, -0.2) is 28.0 Å². The van der Waals surface area contributed by atoms with Crippen molar-refractivity contribution in [3.63, 3.8) is 0 Å². The minimum atomic E-state index is -1.10. The second kappa shape index (κ2) is 7.24. The molecule has 0 aliphatic heterocycles. The maximum Gasteiger partial charge on any atom is 0.326 e. The summed E-state index contributed by atoms with van der Waals surface area (Å²) >= 11 is 5.71. The van der Waals surface area contributed by atoms with Crippen LogP contribution in [0.3, 0.4) is 0 Å². The summed E-state index contributed by atoms with van der Waals surface area (Å²) in [5, 5.41) is 12.2. The number of hydrogen-bond donors (Lipinski definition) is 2. The molecule has 0 fully saturated rings. The summed E-state index contributed by atoms with van der Waals surface area (Å²) in [6.45, 7) is 3.77. The van der Waals surface area contributed by atoms with Crippen molar-refractivity contribution < 1.29 is 14.7 Å². The highest BCUT2D eigenvalue weighted by Crippen LogP contribution is 2.11. The van der Waals surface area contributed by atoms with Crippen LogP contribution in [0.1, 0.15) is 27.0 Å². The number of halogens is 1. The average molecular weight is 333 g/mol. The molecule has 0 spiro atoms. The van der Waals surface area contributed by atoms with Gasteiger partial charge in [-0.1, -0.05) is 34.9 Å². The normalized spacial score (nSPS) is 11.8. The Morgan fingerprint density at radius 1 is 1.22 bits per heavy atom. The van der Waals surface area contributed by atoms with E-state index in [1.807, 2.05) is 19.9 Å². The van der Waals surface area contributed by atoms with Crippen LogP contribution in [0.5, 0.6) is 0 Å². The van der Waals surface area contributed by atoms with Gasteiger partial charge in [-0.25, -0.2) is 9.78 Å². The Hall–Kier alpha value is -2.40. The molecule has 1 aromatic carbocycles. The highest BCUT2D eigenvalue weighted by molar-refractivity contribution is 6.29. The van der Waals surface area contributed by atoms with Gasteiger partial charge in [0.05, 0.1) is 0 Å². The molecule has 2 aromatic rings. The molecule has 120 valence electrons. The number of amides is 1. The summed E-state index contributed by atoms with van der Waals surface area (Å²) in [6.07, 6.45) is 1.64. The van der Waals surface area contributed by atoms with E-state index in [4.69, 9.17) is 11.6 Å². The lowest BCUT2D eigenvalue weighted by Gasteiger charge is -2.15. The third kappa shape index (κ3) is 4.79. The molecule has 1 aromatic heterocycles. The lowest BCUT2D eigenvalue weighted by molar-refractivity contribution is -0.139. The molecule has 0 bridgehead atoms. The van der Waals surface area contributed by atoms with Gasteiger partial charge in [-0.3, -0.25) is 4.79 Å². The number of benzene rings is 1. The molecule has 5 nitrogen and oxygen atoms in total. The van der Waals surface area contributed by atoms with E-state index in [9.17, 15) is 14.7 Å². The summed E-state index contributed by atoms with van der Waals surface area (Å²) in [5.41, 5.74) is 3.03. The number of pyridine rings is 1. The maximum absolute atomic E-state index is 12.3. The number of carbonyl (C=O) groups is 2. The van der Waals surface area contributed by atoms with Gasteiger partial charge in [0.1, 0.15) is 11.2 Å². The Balaban J connectivity index is 2.14. The lowest BCUT2D eigenvalue weighted by Crippen LogP contribution is -2.42. The molecule has 2 rings (SSSR count). The highest BCUT2D eigenvalue weighted by Gasteiger charge is 2.21. The van der Waals surface area contributed by atoms with E-state index in [1.54, 1.807) is 24.3 Å². The first-order valence-corrected chi connectivity index (χ1v) is 7.45. The van der Waals surface area contributed by atoms with Crippen LogP contribution in [0.15, 0.2) is 36.5 Å². The SMILES string of the molecule is Cc1cc(C)cc(C(=O)N[C@@H](Cc2ccc(Cl)nc2)C(=O)O)c1. The Morgan fingerprint density at radius 3 is 2.39 bits per heavy atom. The van der Waals surface area contributed by atoms with Crippen molar-refractivity contribution >= 4 is 23.5 Å². The molecule has 0 aliphatic rings. The van der Waals surface area contributed by atoms with Crippen molar-refractivity contribution in [3.8, 4) is 0 Å². The molecule has 0 saturated carbocycles. The van der Waals surface area contributed by atoms with Crippen molar-refractivity contribution in [2.24, 2.45) is 0 Å². The van der Waals surface area contributed by atoms with Gasteiger partial charge in [0.25, 0.3) is 5.91 Å². The van der Waals surface area contributed by atoms with Crippen molar-refractivity contribution in [3.05, 3.63) is 63.9 Å². The Bertz CT molecular complexity index is 709. The summed E-state index contributed by atoms with van der Waals surface area (Å²) in [6, 6.07) is 7.64. The third-order valence-electron chi connectivity index (χ3n) is 3.32. The smallest absolute Gasteiger partial charge is 0.326 e. The molecular weight excluding hydrogens is 316 g/mol. The Morgan fingerprint density at radius 2 is 1.87 bits per heavy atom. The van der Waals surface area contributed by atoms with Crippen molar-refractivity contribution in [2.45, 2.75) is 26.3 Å². The van der Waals surface area contributed by atoms with Crippen molar-refractivity contribution in [1.29, 1.82) is 0 Å². The van der Waals surface area contributed by atoms with E-state index in [0.29, 0.717) is 16.3 Å². The molecule has 0 radical (unpaired) electrons. The van der Waals surface area contributed by atoms with E-state index in [1.165, 1.54) is 6.20 Å². The fourth-order valence-electron chi connectivity index (χ4n) is 2.31. The summed E-state index contributed by atoms with van der Waals surface area (Å²) in [4.78, 5) is 27.6. The molecule has 1 amide bonds. The number of nitrogens with one attached hydrogen (secondary N) is 1. The predicted octanol–water partition coefficient (Wildman–Crippen LogP) is 2.78. The van der Waals surface area contributed by atoms with Gasteiger partial charge in [0, 0.05) is 18.2 Å². The molecule has 1 heterocycles. The number of aromatic nitrogens is 1. The molecule has 2 N–H and O–H groups in total. The zero-order valence-corrected chi connectivity index (χ0v) is 13.6. The number of hydrogen-bond acceptors (Lipinski definition) is 3. The molecule has 1 atom stereocenters. The summed E-state index contributed by atoms with van der Waals surface area (Å²) < 4.78 is 0. The van der Waals surface area contributed by atoms with Crippen molar-refractivity contribution in [1.82, 2.24) is 10.3 Å². The van der Waals surface area contributed by atoms with Crippen LogP contribution in [0, 0.1) is 13.8 Å². The number of nitrogens with zero attached hydrogens (tertiary/aromatic N) is 1. The van der Waals surface area contributed by atoms with E-state index in [0.717, 1.165) is 11.1 Å². The molecule has 0 unspecified atom stereocenters. The van der Waals surface area contributed by atoms with Gasteiger partial charge >= 0.3 is 5.97 Å². The van der Waals surface area contributed by atoms with Crippen LogP contribution in [0.2, 0.25) is 5.15 Å². The minimum Gasteiger partial charge on any atom is -0.480 e. The lowest BCUT2D eigenvalue weighted by atomic mass is 10.0. The number of carbonyl (C=O) groups excluding carboxylic acids is 1. The molecule has 0 aliphatic carbocycles. The first-order valence-electron chi connectivity index (χ1n) is 7.07. The molecule has 23 heavy (non-hydrogen) atoms. The summed E-state index contributed by atoms with van der Waals surface area (Å²) in [5.74, 6) is -1.51. The third-order valence-corrected chi connectivity index (χ3v) is 3.54. The second-order valence-electron chi connectivity index (χ2n) is 5.43. The molecule has 0 saturated heterocycles. The van der Waals surface area contributed by atoms with Crippen molar-refractivity contribution in [2.75, 3.05) is 0 Å². The minimum absolute atomic E-state index is 0.135. The fourth-order valence-corrected chi connectivity index (χ4v) is 2.42. The van der Waals surface area contributed by atoms with Crippen LogP contribution < -0.4 is 5.32 Å². The fraction of sp³-hybridized carbons (Fsp3) is 0.235. The standard InChI is InChI=1S/C17H17ClN2O3/c1-10-5-11(2)7-13(6-10)16(21)20-14(17(22)23)8-12-3-4-15(18)19-9-12/h3-7,9,14H,8H2,1-2H3,(H,20,21)(H,22,23)/t14-/m0/s1. The van der Waals surface area contributed by atoms with Crippen LogP contribution >= 0.6 is 11.6 Å². The number of carboxylic acid groups (broad SMARTS) is 1. The van der Waals surface area contributed by atoms with E-state index in [2.05, 4.69) is 10.3 Å². The predicted molar refractivity (Wildman–Crippen MR) is 87.8 cm³/mol. The van der Waals surface area contributed by atoms with Crippen LogP contribution in [0.25, 0.3) is 0 Å². The number of aliphatic carboxylic acids is 1. The van der Waals surface area contributed by atoms with E-state index >= 15 is 0 Å². The van der Waals surface area contributed by atoms with E-state index in [-0.39, 0.29) is 6.42 Å². The number of rotatable bonds is 5. The number of aryl methyl sites for hydroxylation is 2. The quantitative estimate of drug-likeness (QED) is 0.825. The van der Waals surface area contributed by atoms with Crippen LogP contribution in [-0.2, 0) is 11.2 Å². The van der Waals surface area contributed by atoms with Gasteiger partial charge in [-0.2, -0.15) is 0 Å². The topological polar surface area (TPSA) is 79.3 Å². The zero-order valence-electron chi connectivity index (χ0n) is 12.8. The highest BCUT2D eigenvalue weighted by atomic mass is 35.5. The Kier molecular flexibility index (Phi) is 5.34. The van der Waals surface area contributed by atoms with Gasteiger partial charge in [-0.15, -0.1) is 0 Å². The largest absolute Gasteiger partial charge is 0.480 e. The average Bonchev–Trinajstić information content (AvgIpc) is 2.47. The first kappa shape index (κ1) is 17.0. The molecule has 6 heteroatoms. The van der Waals surface area contributed by atoms with Gasteiger partial charge in [0.15, 0.2) is 0 Å². The van der Waals surface area contributed by atoms with Crippen LogP contribution in [0.4, 0.5) is 0 Å². The van der Waals surface area contributed by atoms with Gasteiger partial charge in [0.2, 0.25) is 0 Å². The van der Waals surface area contributed by atoms with Gasteiger partial charge < -0.3 is 10.4 Å². The molecular formula is C17H17ClN2O3. The monoisotopic (exact) mass is 332 g/mol. The van der Waals surface area contributed by atoms with Gasteiger partial charge in [-0.05, 0) is 37.6 Å².